The summed E-state index contributed by atoms with van der Waals surface area (Å²) in [6.07, 6.45) is 0. The number of carbonyl (C=O) groups is 1. The van der Waals surface area contributed by atoms with Crippen LogP contribution in [0.3, 0.4) is 0 Å². The van der Waals surface area contributed by atoms with Gasteiger partial charge in [0.15, 0.2) is 5.69 Å². The lowest BCUT2D eigenvalue weighted by Gasteiger charge is -2.14. The summed E-state index contributed by atoms with van der Waals surface area (Å²) in [4.78, 5) is 35.7. The Balaban J connectivity index is 1.89. The lowest BCUT2D eigenvalue weighted by atomic mass is 10.0. The van der Waals surface area contributed by atoms with Crippen LogP contribution in [0.1, 0.15) is 34.6 Å². The van der Waals surface area contributed by atoms with Gasteiger partial charge in [-0.2, -0.15) is 5.10 Å². The molecule has 1 atom stereocenters. The number of nitro benzene ring substituents is 1. The Kier molecular flexibility index (Phi) is 5.82. The van der Waals surface area contributed by atoms with Gasteiger partial charge in [-0.1, -0.05) is 49.4 Å². The number of nitrogens with one attached hydrogen (secondary N) is 1. The maximum Gasteiger partial charge on any atom is 0.294 e. The number of benzene rings is 2. The molecule has 0 fully saturated rings. The van der Waals surface area contributed by atoms with Crippen molar-refractivity contribution < 1.29 is 9.72 Å². The van der Waals surface area contributed by atoms with E-state index in [1.54, 1.807) is 13.0 Å². The molecule has 29 heavy (non-hydrogen) atoms. The van der Waals surface area contributed by atoms with Crippen LogP contribution in [0.5, 0.6) is 0 Å². The van der Waals surface area contributed by atoms with Gasteiger partial charge < -0.3 is 5.32 Å². The van der Waals surface area contributed by atoms with Crippen molar-refractivity contribution in [3.63, 3.8) is 0 Å². The molecule has 8 heteroatoms. The topological polar surface area (TPSA) is 107 Å². The Hall–Kier alpha value is -3.81. The van der Waals surface area contributed by atoms with E-state index in [9.17, 15) is 19.7 Å². The van der Waals surface area contributed by atoms with E-state index in [1.165, 1.54) is 28.9 Å². The molecule has 0 bridgehead atoms. The second-order valence-corrected chi connectivity index (χ2v) is 6.68. The predicted octanol–water partition coefficient (Wildman–Crippen LogP) is 2.98. The zero-order valence-corrected chi connectivity index (χ0v) is 16.0. The lowest BCUT2D eigenvalue weighted by Crippen LogP contribution is -2.34. The van der Waals surface area contributed by atoms with E-state index in [4.69, 9.17) is 0 Å². The summed E-state index contributed by atoms with van der Waals surface area (Å²) in [5, 5.41) is 18.2. The number of hydrogen-bond donors (Lipinski definition) is 1. The molecule has 0 aliphatic carbocycles. The molecule has 0 aliphatic rings. The summed E-state index contributed by atoms with van der Waals surface area (Å²) in [6.45, 7) is 3.89. The largest absolute Gasteiger partial charge is 0.350 e. The second-order valence-electron chi connectivity index (χ2n) is 6.68. The molecule has 3 rings (SSSR count). The zero-order chi connectivity index (χ0) is 21.0. The van der Waals surface area contributed by atoms with Crippen LogP contribution >= 0.6 is 0 Å². The van der Waals surface area contributed by atoms with E-state index >= 15 is 0 Å². The molecule has 0 spiro atoms. The van der Waals surface area contributed by atoms with Crippen LogP contribution in [-0.2, 0) is 0 Å². The fourth-order valence-electron chi connectivity index (χ4n) is 2.98. The van der Waals surface area contributed by atoms with Gasteiger partial charge in [0, 0.05) is 24.4 Å². The van der Waals surface area contributed by atoms with Crippen molar-refractivity contribution in [2.45, 2.75) is 19.8 Å². The normalized spacial score (nSPS) is 11.7. The van der Waals surface area contributed by atoms with Crippen LogP contribution in [0, 0.1) is 17.0 Å². The van der Waals surface area contributed by atoms with Crippen LogP contribution in [0.2, 0.25) is 0 Å². The number of carbonyl (C=O) groups excluding carboxylic acids is 1. The SMILES string of the molecule is Cc1cc(=O)c(C(=O)NC[C@H](C)c2ccccc2)nn1-c1ccccc1[N+](=O)[O-]. The van der Waals surface area contributed by atoms with Crippen molar-refractivity contribution >= 4 is 11.6 Å². The number of hydrogen-bond acceptors (Lipinski definition) is 5. The van der Waals surface area contributed by atoms with Crippen molar-refractivity contribution in [1.29, 1.82) is 0 Å². The molecular weight excluding hydrogens is 372 g/mol. The van der Waals surface area contributed by atoms with Crippen molar-refractivity contribution in [2.75, 3.05) is 6.54 Å². The number of aromatic nitrogens is 2. The van der Waals surface area contributed by atoms with E-state index in [1.807, 2.05) is 37.3 Å². The number of aryl methyl sites for hydroxylation is 1. The fraction of sp³-hybridized carbons (Fsp3) is 0.190. The first-order chi connectivity index (χ1) is 13.9. The number of para-hydroxylation sites is 2. The number of rotatable bonds is 6. The number of nitrogens with zero attached hydrogens (tertiary/aromatic N) is 3. The molecule has 2 aromatic carbocycles. The van der Waals surface area contributed by atoms with E-state index < -0.39 is 16.3 Å². The summed E-state index contributed by atoms with van der Waals surface area (Å²) in [6, 6.07) is 16.9. The Bertz CT molecular complexity index is 1110. The third kappa shape index (κ3) is 4.37. The Morgan fingerprint density at radius 3 is 2.52 bits per heavy atom. The maximum absolute atomic E-state index is 12.6. The smallest absolute Gasteiger partial charge is 0.294 e. The Labute approximate surface area is 167 Å². The highest BCUT2D eigenvalue weighted by atomic mass is 16.6. The molecule has 0 aliphatic heterocycles. The molecule has 1 amide bonds. The third-order valence-corrected chi connectivity index (χ3v) is 4.57. The summed E-state index contributed by atoms with van der Waals surface area (Å²) in [5.74, 6) is -0.576. The van der Waals surface area contributed by atoms with Gasteiger partial charge in [-0.25, -0.2) is 4.68 Å². The van der Waals surface area contributed by atoms with Crippen molar-refractivity contribution in [2.24, 2.45) is 0 Å². The van der Waals surface area contributed by atoms with Gasteiger partial charge in [-0.05, 0) is 24.5 Å². The molecule has 148 valence electrons. The van der Waals surface area contributed by atoms with Crippen molar-refractivity contribution in [1.82, 2.24) is 15.1 Å². The van der Waals surface area contributed by atoms with Gasteiger partial charge in [0.1, 0.15) is 5.69 Å². The lowest BCUT2D eigenvalue weighted by molar-refractivity contribution is -0.384. The van der Waals surface area contributed by atoms with E-state index in [2.05, 4.69) is 10.4 Å². The molecule has 0 unspecified atom stereocenters. The summed E-state index contributed by atoms with van der Waals surface area (Å²) >= 11 is 0. The average Bonchev–Trinajstić information content (AvgIpc) is 2.72. The maximum atomic E-state index is 12.6. The molecule has 1 aromatic heterocycles. The van der Waals surface area contributed by atoms with Crippen molar-refractivity contribution in [3.05, 3.63) is 98.0 Å². The highest BCUT2D eigenvalue weighted by Crippen LogP contribution is 2.22. The minimum atomic E-state index is -0.620. The Morgan fingerprint density at radius 1 is 1.17 bits per heavy atom. The number of nitro groups is 1. The molecule has 8 nitrogen and oxygen atoms in total. The monoisotopic (exact) mass is 392 g/mol. The summed E-state index contributed by atoms with van der Waals surface area (Å²) < 4.78 is 1.25. The Morgan fingerprint density at radius 2 is 1.83 bits per heavy atom. The predicted molar refractivity (Wildman–Crippen MR) is 108 cm³/mol. The van der Waals surface area contributed by atoms with Gasteiger partial charge >= 0.3 is 0 Å². The molecule has 1 N–H and O–H groups in total. The quantitative estimate of drug-likeness (QED) is 0.513. The van der Waals surface area contributed by atoms with Gasteiger partial charge in [0.05, 0.1) is 4.92 Å². The summed E-state index contributed by atoms with van der Waals surface area (Å²) in [5.41, 5.74) is 0.606. The standard InChI is InChI=1S/C21H20N4O4/c1-14(16-8-4-3-5-9-16)13-22-21(27)20-19(26)12-15(2)24(23-20)17-10-6-7-11-18(17)25(28)29/h3-12,14H,13H2,1-2H3,(H,22,27)/t14-/m0/s1. The van der Waals surface area contributed by atoms with E-state index in [0.29, 0.717) is 12.2 Å². The van der Waals surface area contributed by atoms with Crippen LogP contribution in [-0.4, -0.2) is 27.2 Å². The van der Waals surface area contributed by atoms with Crippen LogP contribution in [0.25, 0.3) is 5.69 Å². The molecule has 1 heterocycles. The van der Waals surface area contributed by atoms with Gasteiger partial charge in [0.2, 0.25) is 5.43 Å². The first-order valence-corrected chi connectivity index (χ1v) is 9.06. The molecule has 3 aromatic rings. The van der Waals surface area contributed by atoms with E-state index in [-0.39, 0.29) is 23.0 Å². The average molecular weight is 392 g/mol. The van der Waals surface area contributed by atoms with E-state index in [0.717, 1.165) is 5.56 Å². The van der Waals surface area contributed by atoms with Gasteiger partial charge in [-0.15, -0.1) is 0 Å². The first kappa shape index (κ1) is 19.9. The van der Waals surface area contributed by atoms with Crippen LogP contribution in [0.15, 0.2) is 65.5 Å². The second kappa shape index (κ2) is 8.47. The van der Waals surface area contributed by atoms with Crippen LogP contribution in [0.4, 0.5) is 5.69 Å². The van der Waals surface area contributed by atoms with Crippen LogP contribution < -0.4 is 10.7 Å². The minimum absolute atomic E-state index is 0.0445. The van der Waals surface area contributed by atoms with Crippen molar-refractivity contribution in [3.8, 4) is 5.69 Å². The molecule has 0 saturated heterocycles. The minimum Gasteiger partial charge on any atom is -0.350 e. The highest BCUT2D eigenvalue weighted by molar-refractivity contribution is 5.92. The zero-order valence-electron chi connectivity index (χ0n) is 16.0. The highest BCUT2D eigenvalue weighted by Gasteiger charge is 2.20. The number of amides is 1. The molecule has 0 radical (unpaired) electrons. The molecule has 0 saturated carbocycles. The molecular formula is C21H20N4O4. The van der Waals surface area contributed by atoms with Gasteiger partial charge in [0.25, 0.3) is 11.6 Å². The third-order valence-electron chi connectivity index (χ3n) is 4.57. The van der Waals surface area contributed by atoms with Gasteiger partial charge in [-0.3, -0.25) is 19.7 Å². The first-order valence-electron chi connectivity index (χ1n) is 9.06. The fourth-order valence-corrected chi connectivity index (χ4v) is 2.98. The summed E-state index contributed by atoms with van der Waals surface area (Å²) in [7, 11) is 0.